The number of amides is 2. The van der Waals surface area contributed by atoms with E-state index in [2.05, 4.69) is 21.2 Å². The summed E-state index contributed by atoms with van der Waals surface area (Å²) in [4.78, 5) is 16.3. The monoisotopic (exact) mass is 339 g/mol. The lowest BCUT2D eigenvalue weighted by Gasteiger charge is -2.28. The summed E-state index contributed by atoms with van der Waals surface area (Å²) in [5.74, 6) is 0.814. The largest absolute Gasteiger partial charge is 0.497 e. The zero-order valence-electron chi connectivity index (χ0n) is 11.4. The molecule has 2 aliphatic heterocycles. The Balaban J connectivity index is 1.76. The number of nitrogens with one attached hydrogen (secondary N) is 1. The van der Waals surface area contributed by atoms with Crippen molar-refractivity contribution in [3.8, 4) is 5.75 Å². The first kappa shape index (κ1) is 13.7. The lowest BCUT2D eigenvalue weighted by atomic mass is 10.2. The van der Waals surface area contributed by atoms with Gasteiger partial charge >= 0.3 is 6.03 Å². The van der Waals surface area contributed by atoms with Crippen molar-refractivity contribution in [3.63, 3.8) is 0 Å². The smallest absolute Gasteiger partial charge is 0.320 e. The van der Waals surface area contributed by atoms with Crippen LogP contribution >= 0.6 is 15.9 Å². The van der Waals surface area contributed by atoms with Crippen LogP contribution in [0.3, 0.4) is 0 Å². The highest BCUT2D eigenvalue weighted by molar-refractivity contribution is 9.10. The first-order valence-corrected chi connectivity index (χ1v) is 7.57. The second-order valence-corrected chi connectivity index (χ2v) is 6.03. The van der Waals surface area contributed by atoms with Crippen molar-refractivity contribution in [2.75, 3.05) is 33.3 Å². The van der Waals surface area contributed by atoms with E-state index in [0.29, 0.717) is 12.6 Å². The molecule has 1 aromatic carbocycles. The molecule has 0 aromatic heterocycles. The standard InChI is InChI=1S/C14H18BrN3O2/c1-20-12-2-3-13(15)10(6-12)8-17-9-11-7-16-4-5-18(11)14(17)19/h2-3,6,11,16H,4-5,7-9H2,1H3. The molecule has 1 aromatic rings. The first-order chi connectivity index (χ1) is 9.69. The first-order valence-electron chi connectivity index (χ1n) is 6.77. The van der Waals surface area contributed by atoms with Crippen molar-refractivity contribution in [3.05, 3.63) is 28.2 Å². The summed E-state index contributed by atoms with van der Waals surface area (Å²) < 4.78 is 6.26. The molecular weight excluding hydrogens is 322 g/mol. The van der Waals surface area contributed by atoms with Crippen LogP contribution in [0.1, 0.15) is 5.56 Å². The molecule has 2 heterocycles. The van der Waals surface area contributed by atoms with Gasteiger partial charge < -0.3 is 19.9 Å². The number of carbonyl (C=O) groups is 1. The average Bonchev–Trinajstić information content (AvgIpc) is 2.78. The van der Waals surface area contributed by atoms with Gasteiger partial charge in [0.05, 0.1) is 13.2 Å². The molecule has 3 rings (SSSR count). The Labute approximate surface area is 127 Å². The van der Waals surface area contributed by atoms with E-state index in [1.165, 1.54) is 0 Å². The highest BCUT2D eigenvalue weighted by atomic mass is 79.9. The number of hydrogen-bond acceptors (Lipinski definition) is 3. The SMILES string of the molecule is COc1ccc(Br)c(CN2CC3CNCCN3C2=O)c1. The molecule has 5 nitrogen and oxygen atoms in total. The zero-order valence-corrected chi connectivity index (χ0v) is 13.0. The Kier molecular flexibility index (Phi) is 3.85. The topological polar surface area (TPSA) is 44.8 Å². The van der Waals surface area contributed by atoms with Crippen LogP contribution in [0.4, 0.5) is 4.79 Å². The summed E-state index contributed by atoms with van der Waals surface area (Å²) in [5.41, 5.74) is 1.07. The second kappa shape index (κ2) is 5.61. The summed E-state index contributed by atoms with van der Waals surface area (Å²) >= 11 is 3.54. The summed E-state index contributed by atoms with van der Waals surface area (Å²) in [5, 5.41) is 3.34. The van der Waals surface area contributed by atoms with Gasteiger partial charge in [-0.1, -0.05) is 15.9 Å². The van der Waals surface area contributed by atoms with Gasteiger partial charge in [0.15, 0.2) is 0 Å². The van der Waals surface area contributed by atoms with E-state index in [0.717, 1.165) is 42.0 Å². The number of hydrogen-bond donors (Lipinski definition) is 1. The van der Waals surface area contributed by atoms with Gasteiger partial charge in [-0.05, 0) is 23.8 Å². The van der Waals surface area contributed by atoms with Gasteiger partial charge in [-0.3, -0.25) is 0 Å². The van der Waals surface area contributed by atoms with Crippen LogP contribution in [0.15, 0.2) is 22.7 Å². The van der Waals surface area contributed by atoms with Crippen LogP contribution in [0, 0.1) is 0 Å². The quantitative estimate of drug-likeness (QED) is 0.910. The van der Waals surface area contributed by atoms with E-state index in [4.69, 9.17) is 4.74 Å². The minimum atomic E-state index is 0.145. The van der Waals surface area contributed by atoms with Crippen LogP contribution in [0.2, 0.25) is 0 Å². The molecule has 1 unspecified atom stereocenters. The van der Waals surface area contributed by atoms with E-state index >= 15 is 0 Å². The maximum Gasteiger partial charge on any atom is 0.320 e. The van der Waals surface area contributed by atoms with E-state index in [1.807, 2.05) is 28.0 Å². The van der Waals surface area contributed by atoms with Crippen molar-refractivity contribution < 1.29 is 9.53 Å². The molecule has 0 aliphatic carbocycles. The summed E-state index contributed by atoms with van der Waals surface area (Å²) in [6.45, 7) is 3.98. The Hall–Kier alpha value is -1.27. The minimum absolute atomic E-state index is 0.145. The number of urea groups is 1. The third kappa shape index (κ3) is 2.50. The normalized spacial score (nSPS) is 22.1. The Morgan fingerprint density at radius 3 is 3.10 bits per heavy atom. The molecule has 6 heteroatoms. The van der Waals surface area contributed by atoms with Crippen LogP contribution in [-0.4, -0.2) is 55.2 Å². The number of methoxy groups -OCH3 is 1. The van der Waals surface area contributed by atoms with Gasteiger partial charge in [-0.15, -0.1) is 0 Å². The van der Waals surface area contributed by atoms with Crippen molar-refractivity contribution in [1.82, 2.24) is 15.1 Å². The fourth-order valence-corrected chi connectivity index (χ4v) is 3.20. The maximum absolute atomic E-state index is 12.4. The van der Waals surface area contributed by atoms with E-state index in [9.17, 15) is 4.79 Å². The predicted octanol–water partition coefficient (Wildman–Crippen LogP) is 1.67. The number of rotatable bonds is 3. The third-order valence-corrected chi connectivity index (χ3v) is 4.69. The molecule has 2 fully saturated rings. The molecule has 2 saturated heterocycles. The third-order valence-electron chi connectivity index (χ3n) is 3.91. The number of halogens is 1. The van der Waals surface area contributed by atoms with Crippen molar-refractivity contribution in [2.45, 2.75) is 12.6 Å². The van der Waals surface area contributed by atoms with Crippen LogP contribution in [0.5, 0.6) is 5.75 Å². The highest BCUT2D eigenvalue weighted by Gasteiger charge is 2.38. The molecule has 2 aliphatic rings. The number of piperazine rings is 1. The summed E-state index contributed by atoms with van der Waals surface area (Å²) in [7, 11) is 1.65. The fraction of sp³-hybridized carbons (Fsp3) is 0.500. The molecule has 1 atom stereocenters. The number of nitrogens with zero attached hydrogens (tertiary/aromatic N) is 2. The molecule has 108 valence electrons. The Morgan fingerprint density at radius 1 is 1.50 bits per heavy atom. The minimum Gasteiger partial charge on any atom is -0.497 e. The Bertz CT molecular complexity index is 523. The van der Waals surface area contributed by atoms with Gasteiger partial charge in [0.2, 0.25) is 0 Å². The zero-order chi connectivity index (χ0) is 14.1. The number of carbonyl (C=O) groups excluding carboxylic acids is 1. The van der Waals surface area contributed by atoms with E-state index in [-0.39, 0.29) is 6.03 Å². The van der Waals surface area contributed by atoms with E-state index < -0.39 is 0 Å². The molecule has 0 radical (unpaired) electrons. The van der Waals surface area contributed by atoms with Gasteiger partial charge in [-0.2, -0.15) is 0 Å². The fourth-order valence-electron chi connectivity index (χ4n) is 2.83. The van der Waals surface area contributed by atoms with Crippen LogP contribution < -0.4 is 10.1 Å². The molecular formula is C14H18BrN3O2. The molecule has 0 spiro atoms. The second-order valence-electron chi connectivity index (χ2n) is 5.17. The molecule has 1 N–H and O–H groups in total. The highest BCUT2D eigenvalue weighted by Crippen LogP contribution is 2.26. The maximum atomic E-state index is 12.4. The van der Waals surface area contributed by atoms with Gasteiger partial charge in [0, 0.05) is 37.2 Å². The predicted molar refractivity (Wildman–Crippen MR) is 79.9 cm³/mol. The average molecular weight is 340 g/mol. The Morgan fingerprint density at radius 2 is 2.35 bits per heavy atom. The molecule has 2 amide bonds. The number of benzene rings is 1. The van der Waals surface area contributed by atoms with Gasteiger partial charge in [0.1, 0.15) is 5.75 Å². The van der Waals surface area contributed by atoms with Gasteiger partial charge in [-0.25, -0.2) is 4.79 Å². The lowest BCUT2D eigenvalue weighted by molar-refractivity contribution is 0.178. The number of ether oxygens (including phenoxy) is 1. The molecule has 0 saturated carbocycles. The van der Waals surface area contributed by atoms with Crippen molar-refractivity contribution >= 4 is 22.0 Å². The summed E-state index contributed by atoms with van der Waals surface area (Å²) in [6, 6.07) is 6.30. The molecule has 20 heavy (non-hydrogen) atoms. The van der Waals surface area contributed by atoms with Crippen molar-refractivity contribution in [1.29, 1.82) is 0 Å². The molecule has 0 bridgehead atoms. The van der Waals surface area contributed by atoms with Crippen LogP contribution in [0.25, 0.3) is 0 Å². The van der Waals surface area contributed by atoms with Crippen LogP contribution in [-0.2, 0) is 6.54 Å². The number of fused-ring (bicyclic) bond motifs is 1. The van der Waals surface area contributed by atoms with E-state index in [1.54, 1.807) is 7.11 Å². The lowest BCUT2D eigenvalue weighted by Crippen LogP contribution is -2.49. The van der Waals surface area contributed by atoms with Gasteiger partial charge in [0.25, 0.3) is 0 Å². The van der Waals surface area contributed by atoms with Crippen molar-refractivity contribution in [2.24, 2.45) is 0 Å². The summed E-state index contributed by atoms with van der Waals surface area (Å²) in [6.07, 6.45) is 0.